The first-order chi connectivity index (χ1) is 8.15. The molecule has 0 amide bonds. The van der Waals surface area contributed by atoms with Gasteiger partial charge in [-0.05, 0) is 13.0 Å². The third-order valence-electron chi connectivity index (χ3n) is 2.40. The largest absolute Gasteiger partial charge is 0.478 e. The number of H-pyrrole nitrogens is 1. The fraction of sp³-hybridized carbons (Fsp3) is 0.167. The Labute approximate surface area is 97.0 Å². The molecular weight excluding hydrogens is 222 g/mol. The molecular formula is C12H11NO4. The number of hydrogen-bond donors (Lipinski definition) is 2. The van der Waals surface area contributed by atoms with E-state index in [0.29, 0.717) is 10.9 Å². The second-order valence-electron chi connectivity index (χ2n) is 3.45. The molecule has 17 heavy (non-hydrogen) atoms. The Bertz CT molecular complexity index is 585. The summed E-state index contributed by atoms with van der Waals surface area (Å²) in [6, 6.07) is 6.85. The highest BCUT2D eigenvalue weighted by Crippen LogP contribution is 2.22. The monoisotopic (exact) mass is 233 g/mol. The van der Waals surface area contributed by atoms with Crippen LogP contribution in [0.5, 0.6) is 0 Å². The van der Waals surface area contributed by atoms with Crippen molar-refractivity contribution in [3.63, 3.8) is 0 Å². The zero-order valence-corrected chi connectivity index (χ0v) is 9.19. The first-order valence-electron chi connectivity index (χ1n) is 5.16. The number of carboxylic acids is 1. The highest BCUT2D eigenvalue weighted by atomic mass is 16.5. The van der Waals surface area contributed by atoms with E-state index in [9.17, 15) is 9.59 Å². The molecule has 0 bridgehead atoms. The first kappa shape index (κ1) is 11.2. The molecule has 0 fully saturated rings. The highest BCUT2D eigenvalue weighted by Gasteiger charge is 2.23. The molecule has 88 valence electrons. The van der Waals surface area contributed by atoms with Crippen LogP contribution < -0.4 is 0 Å². The second-order valence-corrected chi connectivity index (χ2v) is 3.45. The van der Waals surface area contributed by atoms with E-state index >= 15 is 0 Å². The van der Waals surface area contributed by atoms with Gasteiger partial charge in [0.05, 0.1) is 12.2 Å². The van der Waals surface area contributed by atoms with Gasteiger partial charge in [0.15, 0.2) is 0 Å². The van der Waals surface area contributed by atoms with Gasteiger partial charge in [0.25, 0.3) is 0 Å². The minimum absolute atomic E-state index is 0.0134. The molecule has 0 atom stereocenters. The summed E-state index contributed by atoms with van der Waals surface area (Å²) in [6.45, 7) is 1.87. The molecule has 5 nitrogen and oxygen atoms in total. The molecule has 0 aliphatic heterocycles. The molecule has 0 saturated carbocycles. The van der Waals surface area contributed by atoms with Crippen molar-refractivity contribution in [3.8, 4) is 0 Å². The number of nitrogens with one attached hydrogen (secondary N) is 1. The van der Waals surface area contributed by atoms with E-state index in [-0.39, 0.29) is 17.9 Å². The van der Waals surface area contributed by atoms with Gasteiger partial charge >= 0.3 is 11.9 Å². The van der Waals surface area contributed by atoms with Gasteiger partial charge in [-0.25, -0.2) is 9.59 Å². The van der Waals surface area contributed by atoms with E-state index in [1.165, 1.54) is 0 Å². The van der Waals surface area contributed by atoms with E-state index in [1.54, 1.807) is 31.2 Å². The molecule has 1 aromatic carbocycles. The number of aromatic nitrogens is 1. The standard InChI is InChI=1S/C12H11NO4/c1-2-17-12(16)10-9(11(14)15)7-5-3-4-6-8(7)13-10/h3-6,13H,2H2,1H3,(H,14,15). The summed E-state index contributed by atoms with van der Waals surface area (Å²) >= 11 is 0. The number of rotatable bonds is 3. The predicted octanol–water partition coefficient (Wildman–Crippen LogP) is 2.04. The molecule has 0 spiro atoms. The summed E-state index contributed by atoms with van der Waals surface area (Å²) < 4.78 is 4.81. The SMILES string of the molecule is CCOC(=O)c1[nH]c2ccccc2c1C(=O)O. The van der Waals surface area contributed by atoms with Gasteiger partial charge in [-0.3, -0.25) is 0 Å². The number of esters is 1. The number of carbonyl (C=O) groups excluding carboxylic acids is 1. The van der Waals surface area contributed by atoms with Gasteiger partial charge in [0.1, 0.15) is 5.69 Å². The fourth-order valence-corrected chi connectivity index (χ4v) is 1.72. The topological polar surface area (TPSA) is 79.4 Å². The van der Waals surface area contributed by atoms with Crippen LogP contribution in [0.15, 0.2) is 24.3 Å². The Morgan fingerprint density at radius 3 is 2.71 bits per heavy atom. The normalized spacial score (nSPS) is 10.4. The van der Waals surface area contributed by atoms with E-state index in [1.807, 2.05) is 0 Å². The highest BCUT2D eigenvalue weighted by molar-refractivity contribution is 6.12. The maximum atomic E-state index is 11.6. The van der Waals surface area contributed by atoms with Crippen LogP contribution in [-0.2, 0) is 4.74 Å². The molecule has 5 heteroatoms. The van der Waals surface area contributed by atoms with Gasteiger partial charge in [-0.1, -0.05) is 18.2 Å². The maximum Gasteiger partial charge on any atom is 0.355 e. The van der Waals surface area contributed by atoms with Crippen LogP contribution in [0.25, 0.3) is 10.9 Å². The number of carboxylic acid groups (broad SMARTS) is 1. The van der Waals surface area contributed by atoms with Gasteiger partial charge in [-0.15, -0.1) is 0 Å². The van der Waals surface area contributed by atoms with Gasteiger partial charge in [0.2, 0.25) is 0 Å². The number of hydrogen-bond acceptors (Lipinski definition) is 3. The summed E-state index contributed by atoms with van der Waals surface area (Å²) in [5.41, 5.74) is 0.549. The molecule has 2 N–H and O–H groups in total. The summed E-state index contributed by atoms with van der Waals surface area (Å²) in [4.78, 5) is 25.6. The quantitative estimate of drug-likeness (QED) is 0.795. The summed E-state index contributed by atoms with van der Waals surface area (Å²) in [5.74, 6) is -1.80. The molecule has 0 aliphatic carbocycles. The average molecular weight is 233 g/mol. The lowest BCUT2D eigenvalue weighted by Gasteiger charge is -2.00. The van der Waals surface area contributed by atoms with E-state index in [4.69, 9.17) is 9.84 Å². The van der Waals surface area contributed by atoms with Gasteiger partial charge in [0, 0.05) is 10.9 Å². The van der Waals surface area contributed by atoms with Crippen LogP contribution in [0, 0.1) is 0 Å². The lowest BCUT2D eigenvalue weighted by molar-refractivity contribution is 0.0509. The van der Waals surface area contributed by atoms with Gasteiger partial charge in [-0.2, -0.15) is 0 Å². The second kappa shape index (κ2) is 4.29. The van der Waals surface area contributed by atoms with Crippen molar-refractivity contribution in [2.24, 2.45) is 0 Å². The number of benzene rings is 1. The van der Waals surface area contributed by atoms with Crippen molar-refractivity contribution in [3.05, 3.63) is 35.5 Å². The van der Waals surface area contributed by atoms with Crippen molar-refractivity contribution >= 4 is 22.8 Å². The van der Waals surface area contributed by atoms with Crippen LogP contribution >= 0.6 is 0 Å². The zero-order valence-electron chi connectivity index (χ0n) is 9.19. The molecule has 1 heterocycles. The van der Waals surface area contributed by atoms with Crippen LogP contribution in [-0.4, -0.2) is 28.6 Å². The average Bonchev–Trinajstić information content (AvgIpc) is 2.68. The molecule has 0 radical (unpaired) electrons. The number of carbonyl (C=O) groups is 2. The Kier molecular flexibility index (Phi) is 2.82. The van der Waals surface area contributed by atoms with Crippen molar-refractivity contribution in [1.82, 2.24) is 4.98 Å². The van der Waals surface area contributed by atoms with Crippen LogP contribution in [0.1, 0.15) is 27.8 Å². The fourth-order valence-electron chi connectivity index (χ4n) is 1.72. The Morgan fingerprint density at radius 1 is 1.35 bits per heavy atom. The van der Waals surface area contributed by atoms with E-state index in [0.717, 1.165) is 0 Å². The summed E-state index contributed by atoms with van der Waals surface area (Å²) in [7, 11) is 0. The van der Waals surface area contributed by atoms with Crippen LogP contribution in [0.3, 0.4) is 0 Å². The smallest absolute Gasteiger partial charge is 0.355 e. The number of aromatic carboxylic acids is 1. The first-order valence-corrected chi connectivity index (χ1v) is 5.16. The third kappa shape index (κ3) is 1.87. The number of fused-ring (bicyclic) bond motifs is 1. The van der Waals surface area contributed by atoms with Crippen LogP contribution in [0.4, 0.5) is 0 Å². The lowest BCUT2D eigenvalue weighted by atomic mass is 10.1. The molecule has 1 aromatic heterocycles. The van der Waals surface area contributed by atoms with Gasteiger partial charge < -0.3 is 14.8 Å². The molecule has 0 aliphatic rings. The molecule has 2 rings (SSSR count). The zero-order chi connectivity index (χ0) is 12.4. The summed E-state index contributed by atoms with van der Waals surface area (Å²) in [5, 5.41) is 9.64. The van der Waals surface area contributed by atoms with Crippen molar-refractivity contribution in [2.45, 2.75) is 6.92 Å². The minimum Gasteiger partial charge on any atom is -0.478 e. The summed E-state index contributed by atoms with van der Waals surface area (Å²) in [6.07, 6.45) is 0. The Balaban J connectivity index is 2.66. The molecule has 2 aromatic rings. The maximum absolute atomic E-state index is 11.6. The lowest BCUT2D eigenvalue weighted by Crippen LogP contribution is -2.10. The van der Waals surface area contributed by atoms with Crippen molar-refractivity contribution in [2.75, 3.05) is 6.61 Å². The van der Waals surface area contributed by atoms with Crippen LogP contribution in [0.2, 0.25) is 0 Å². The number of para-hydroxylation sites is 1. The van der Waals surface area contributed by atoms with Crippen molar-refractivity contribution in [1.29, 1.82) is 0 Å². The molecule has 0 saturated heterocycles. The predicted molar refractivity (Wildman–Crippen MR) is 61.2 cm³/mol. The van der Waals surface area contributed by atoms with E-state index in [2.05, 4.69) is 4.98 Å². The minimum atomic E-state index is -1.15. The van der Waals surface area contributed by atoms with E-state index < -0.39 is 11.9 Å². The third-order valence-corrected chi connectivity index (χ3v) is 2.40. The Morgan fingerprint density at radius 2 is 2.06 bits per heavy atom. The number of aromatic amines is 1. The number of ether oxygens (including phenoxy) is 1. The Hall–Kier alpha value is -2.30. The molecule has 0 unspecified atom stereocenters. The van der Waals surface area contributed by atoms with Crippen molar-refractivity contribution < 1.29 is 19.4 Å².